The standard InChI is InChI=1S/C21H31NO3.C11H22O2/c1-5-7-11-15(3)14-17(6-2)20(23)22-16(4)19(25-21(22)24)18-12-9-8-10-13-18;1-4-6-7-9(3)8-10(5-2)11(12)13/h8-10,12-13,15-17,19H,5-7,11,14H2,1-4H3;9-10H,4-8H2,1-3H3,(H,12,13)/t15-,16+,17+,19+;9-,10+/m00/s1. The SMILES string of the molecule is CCCC[C@H](C)C[C@@H](CC)C(=O)N1C(=O)O[C@@H](c2ccccc2)[C@H]1C.CCCC[C@H](C)C[C@@H](CC)C(=O)O. The summed E-state index contributed by atoms with van der Waals surface area (Å²) < 4.78 is 5.52. The highest BCUT2D eigenvalue weighted by Crippen LogP contribution is 2.34. The summed E-state index contributed by atoms with van der Waals surface area (Å²) in [5.41, 5.74) is 0.933. The minimum absolute atomic E-state index is 0.0817. The maximum Gasteiger partial charge on any atom is 0.417 e. The highest BCUT2D eigenvalue weighted by atomic mass is 16.6. The fraction of sp³-hybridized carbons (Fsp3) is 0.719. The molecule has 1 heterocycles. The van der Waals surface area contributed by atoms with E-state index >= 15 is 0 Å². The van der Waals surface area contributed by atoms with Crippen molar-refractivity contribution in [1.82, 2.24) is 4.90 Å². The number of carboxylic acid groups (broad SMARTS) is 1. The van der Waals surface area contributed by atoms with Crippen LogP contribution in [0.1, 0.15) is 124 Å². The summed E-state index contributed by atoms with van der Waals surface area (Å²) in [6.07, 6.45) is 9.37. The highest BCUT2D eigenvalue weighted by molar-refractivity contribution is 5.95. The highest BCUT2D eigenvalue weighted by Gasteiger charge is 2.44. The van der Waals surface area contributed by atoms with Gasteiger partial charge in [-0.25, -0.2) is 9.69 Å². The van der Waals surface area contributed by atoms with E-state index in [0.717, 1.165) is 37.7 Å². The molecule has 6 heteroatoms. The molecule has 0 aliphatic carbocycles. The van der Waals surface area contributed by atoms with Crippen LogP contribution in [0.5, 0.6) is 0 Å². The van der Waals surface area contributed by atoms with Crippen molar-refractivity contribution < 1.29 is 24.2 Å². The van der Waals surface area contributed by atoms with E-state index in [1.807, 2.05) is 51.1 Å². The molecule has 1 aliphatic rings. The number of carboxylic acids is 1. The molecule has 0 saturated carbocycles. The Labute approximate surface area is 231 Å². The Morgan fingerprint density at radius 2 is 1.39 bits per heavy atom. The average molecular weight is 532 g/mol. The molecule has 2 amide bonds. The first kappa shape index (κ1) is 33.7. The lowest BCUT2D eigenvalue weighted by molar-refractivity contribution is -0.142. The number of aliphatic carboxylic acids is 1. The van der Waals surface area contributed by atoms with Crippen LogP contribution in [0, 0.1) is 23.7 Å². The second-order valence-corrected chi connectivity index (χ2v) is 11.2. The first-order chi connectivity index (χ1) is 18.1. The van der Waals surface area contributed by atoms with Crippen molar-refractivity contribution in [2.45, 2.75) is 125 Å². The van der Waals surface area contributed by atoms with Crippen LogP contribution in [0.4, 0.5) is 4.79 Å². The second-order valence-electron chi connectivity index (χ2n) is 11.2. The smallest absolute Gasteiger partial charge is 0.417 e. The molecule has 1 fully saturated rings. The average Bonchev–Trinajstić information content (AvgIpc) is 3.21. The molecule has 6 atom stereocenters. The van der Waals surface area contributed by atoms with E-state index in [9.17, 15) is 14.4 Å². The van der Waals surface area contributed by atoms with Gasteiger partial charge < -0.3 is 9.84 Å². The first-order valence-corrected chi connectivity index (χ1v) is 14.9. The first-order valence-electron chi connectivity index (χ1n) is 14.9. The molecule has 1 saturated heterocycles. The topological polar surface area (TPSA) is 83.9 Å². The van der Waals surface area contributed by atoms with Gasteiger partial charge in [-0.1, -0.05) is 110 Å². The molecule has 1 N–H and O–H groups in total. The Balaban J connectivity index is 0.000000471. The van der Waals surface area contributed by atoms with Crippen molar-refractivity contribution in [2.24, 2.45) is 23.7 Å². The molecule has 0 radical (unpaired) electrons. The molecular weight excluding hydrogens is 478 g/mol. The summed E-state index contributed by atoms with van der Waals surface area (Å²) in [6, 6.07) is 9.37. The van der Waals surface area contributed by atoms with E-state index in [1.54, 1.807) is 0 Å². The second kappa shape index (κ2) is 18.0. The minimum atomic E-state index is -0.633. The summed E-state index contributed by atoms with van der Waals surface area (Å²) in [7, 11) is 0. The van der Waals surface area contributed by atoms with Crippen molar-refractivity contribution in [3.63, 3.8) is 0 Å². The molecule has 1 aromatic carbocycles. The van der Waals surface area contributed by atoms with Crippen LogP contribution < -0.4 is 0 Å². The summed E-state index contributed by atoms with van der Waals surface area (Å²) in [6.45, 7) is 14.6. The van der Waals surface area contributed by atoms with Gasteiger partial charge in [-0.15, -0.1) is 0 Å². The van der Waals surface area contributed by atoms with Gasteiger partial charge in [0.1, 0.15) is 6.10 Å². The molecule has 216 valence electrons. The lowest BCUT2D eigenvalue weighted by atomic mass is 9.89. The van der Waals surface area contributed by atoms with Crippen LogP contribution in [-0.2, 0) is 14.3 Å². The van der Waals surface area contributed by atoms with Gasteiger partial charge in [-0.3, -0.25) is 9.59 Å². The van der Waals surface area contributed by atoms with Gasteiger partial charge >= 0.3 is 12.1 Å². The van der Waals surface area contributed by atoms with Crippen LogP contribution in [0.25, 0.3) is 0 Å². The number of unbranched alkanes of at least 4 members (excludes halogenated alkanes) is 2. The van der Waals surface area contributed by atoms with Gasteiger partial charge in [0, 0.05) is 5.92 Å². The molecule has 38 heavy (non-hydrogen) atoms. The van der Waals surface area contributed by atoms with Crippen LogP contribution >= 0.6 is 0 Å². The summed E-state index contributed by atoms with van der Waals surface area (Å²) in [4.78, 5) is 37.5. The third-order valence-corrected chi connectivity index (χ3v) is 7.79. The number of hydrogen-bond acceptors (Lipinski definition) is 4. The van der Waals surface area contributed by atoms with Gasteiger partial charge in [0.05, 0.1) is 12.0 Å². The molecule has 2 rings (SSSR count). The molecule has 1 aliphatic heterocycles. The lowest BCUT2D eigenvalue weighted by Gasteiger charge is -2.25. The molecule has 6 nitrogen and oxygen atoms in total. The normalized spacial score (nSPS) is 20.1. The number of hydrogen-bond donors (Lipinski definition) is 1. The number of imide groups is 1. The Kier molecular flexibility index (Phi) is 16.0. The molecule has 0 spiro atoms. The molecular formula is C32H53NO5. The zero-order valence-corrected chi connectivity index (χ0v) is 24.9. The van der Waals surface area contributed by atoms with Gasteiger partial charge in [-0.05, 0) is 50.0 Å². The number of carbonyl (C=O) groups is 3. The number of nitrogens with zero attached hydrogens (tertiary/aromatic N) is 1. The van der Waals surface area contributed by atoms with E-state index in [0.29, 0.717) is 11.8 Å². The van der Waals surface area contributed by atoms with Crippen LogP contribution in [-0.4, -0.2) is 34.0 Å². The van der Waals surface area contributed by atoms with Gasteiger partial charge in [0.25, 0.3) is 0 Å². The molecule has 0 aromatic heterocycles. The van der Waals surface area contributed by atoms with E-state index < -0.39 is 12.1 Å². The maximum absolute atomic E-state index is 13.0. The zero-order valence-electron chi connectivity index (χ0n) is 24.9. The van der Waals surface area contributed by atoms with Crippen molar-refractivity contribution in [1.29, 1.82) is 0 Å². The van der Waals surface area contributed by atoms with Crippen molar-refractivity contribution in [3.05, 3.63) is 35.9 Å². The minimum Gasteiger partial charge on any atom is -0.481 e. The van der Waals surface area contributed by atoms with Crippen LogP contribution in [0.3, 0.4) is 0 Å². The van der Waals surface area contributed by atoms with E-state index in [-0.39, 0.29) is 29.9 Å². The molecule has 1 aromatic rings. The largest absolute Gasteiger partial charge is 0.481 e. The predicted molar refractivity (Wildman–Crippen MR) is 154 cm³/mol. The number of carbonyl (C=O) groups excluding carboxylic acids is 2. The van der Waals surface area contributed by atoms with Crippen molar-refractivity contribution in [2.75, 3.05) is 0 Å². The van der Waals surface area contributed by atoms with E-state index in [2.05, 4.69) is 27.7 Å². The Hall–Kier alpha value is -2.37. The quantitative estimate of drug-likeness (QED) is 0.245. The summed E-state index contributed by atoms with van der Waals surface area (Å²) in [5.74, 6) is 0.0876. The molecule has 0 bridgehead atoms. The van der Waals surface area contributed by atoms with Crippen molar-refractivity contribution in [3.8, 4) is 0 Å². The lowest BCUT2D eigenvalue weighted by Crippen LogP contribution is -2.42. The van der Waals surface area contributed by atoms with Crippen LogP contribution in [0.15, 0.2) is 30.3 Å². The summed E-state index contributed by atoms with van der Waals surface area (Å²) in [5, 5.41) is 8.85. The number of amides is 2. The van der Waals surface area contributed by atoms with Crippen molar-refractivity contribution >= 4 is 18.0 Å². The monoisotopic (exact) mass is 531 g/mol. The number of rotatable bonds is 15. The van der Waals surface area contributed by atoms with Gasteiger partial charge in [0.2, 0.25) is 5.91 Å². The van der Waals surface area contributed by atoms with E-state index in [1.165, 1.54) is 37.0 Å². The zero-order chi connectivity index (χ0) is 28.7. The Morgan fingerprint density at radius 3 is 1.84 bits per heavy atom. The Morgan fingerprint density at radius 1 is 0.895 bits per heavy atom. The van der Waals surface area contributed by atoms with E-state index in [4.69, 9.17) is 9.84 Å². The fourth-order valence-corrected chi connectivity index (χ4v) is 5.24. The fourth-order valence-electron chi connectivity index (χ4n) is 5.24. The number of benzene rings is 1. The van der Waals surface area contributed by atoms with Crippen LogP contribution in [0.2, 0.25) is 0 Å². The third-order valence-electron chi connectivity index (χ3n) is 7.79. The maximum atomic E-state index is 13.0. The number of cyclic esters (lactones) is 1. The van der Waals surface area contributed by atoms with Gasteiger partial charge in [-0.2, -0.15) is 0 Å². The molecule has 0 unspecified atom stereocenters. The predicted octanol–water partition coefficient (Wildman–Crippen LogP) is 8.65. The Bertz CT molecular complexity index is 826. The van der Waals surface area contributed by atoms with Gasteiger partial charge in [0.15, 0.2) is 0 Å². The summed E-state index contributed by atoms with van der Waals surface area (Å²) >= 11 is 0. The third kappa shape index (κ3) is 10.8. The number of ether oxygens (including phenoxy) is 1.